The number of aryl methyl sites for hydroxylation is 1. The molecule has 0 aliphatic carbocycles. The number of amides is 1. The van der Waals surface area contributed by atoms with Gasteiger partial charge in [0.25, 0.3) is 0 Å². The van der Waals surface area contributed by atoms with Crippen molar-refractivity contribution in [3.63, 3.8) is 0 Å². The van der Waals surface area contributed by atoms with Crippen molar-refractivity contribution >= 4 is 55.6 Å². The van der Waals surface area contributed by atoms with Crippen LogP contribution in [0.5, 0.6) is 0 Å². The number of aromatic nitrogens is 2. The van der Waals surface area contributed by atoms with Crippen LogP contribution < -0.4 is 9.96 Å². The summed E-state index contributed by atoms with van der Waals surface area (Å²) in [5, 5.41) is 4.41. The van der Waals surface area contributed by atoms with Gasteiger partial charge in [-0.25, -0.2) is 0 Å². The van der Waals surface area contributed by atoms with Gasteiger partial charge in [0.05, 0.1) is 0 Å². The molecule has 0 aliphatic heterocycles. The van der Waals surface area contributed by atoms with E-state index in [4.69, 9.17) is 0 Å². The van der Waals surface area contributed by atoms with Crippen molar-refractivity contribution < 1.29 is 14.4 Å². The Morgan fingerprint density at radius 2 is 1.96 bits per heavy atom. The summed E-state index contributed by atoms with van der Waals surface area (Å²) in [5.41, 5.74) is 5.64. The van der Waals surface area contributed by atoms with E-state index in [-0.39, 0.29) is 11.7 Å². The van der Waals surface area contributed by atoms with Gasteiger partial charge in [-0.3, -0.25) is 0 Å². The molecule has 1 amide bonds. The van der Waals surface area contributed by atoms with Crippen molar-refractivity contribution in [2.24, 2.45) is 0 Å². The number of ketones is 1. The van der Waals surface area contributed by atoms with E-state index in [1.54, 1.807) is 29.1 Å². The molecule has 0 fully saturated rings. The predicted molar refractivity (Wildman–Crippen MR) is 114 cm³/mol. The molecular formula is C19H17AsIN3O3. The summed E-state index contributed by atoms with van der Waals surface area (Å²) >= 11 is 3.48. The zero-order chi connectivity index (χ0) is 19.6. The molecule has 3 aromatic rings. The fourth-order valence-corrected chi connectivity index (χ4v) is 4.05. The number of hydrogen-bond acceptors (Lipinski definition) is 4. The maximum absolute atomic E-state index is 12.9. The van der Waals surface area contributed by atoms with Crippen LogP contribution in [-0.4, -0.2) is 45.4 Å². The molecule has 0 spiro atoms. The van der Waals surface area contributed by atoms with Crippen molar-refractivity contribution in [1.29, 1.82) is 0 Å². The van der Waals surface area contributed by atoms with Gasteiger partial charge in [-0.05, 0) is 0 Å². The average Bonchev–Trinajstić information content (AvgIpc) is 3.03. The van der Waals surface area contributed by atoms with Gasteiger partial charge in [-0.1, -0.05) is 0 Å². The molecule has 0 saturated heterocycles. The van der Waals surface area contributed by atoms with Crippen LogP contribution in [0.2, 0.25) is 0 Å². The van der Waals surface area contributed by atoms with E-state index in [9.17, 15) is 9.59 Å². The molecule has 3 rings (SSSR count). The summed E-state index contributed by atoms with van der Waals surface area (Å²) in [6.07, 6.45) is 1.58. The zero-order valence-electron chi connectivity index (χ0n) is 14.7. The number of hydrogen-bond donors (Lipinski definition) is 1. The van der Waals surface area contributed by atoms with Crippen LogP contribution in [0.3, 0.4) is 0 Å². The third-order valence-corrected chi connectivity index (χ3v) is 5.87. The molecule has 1 aromatic heterocycles. The standard InChI is InChI=1S/C19H17AsIN3O3/c1-11-6-7-13(19(26)23-27-2)9-16(11)24-18(20)15(10-22-24)17(25)12-4-3-5-14(21)8-12/h3-10H,20H2,1-2H3,(H,23,26). The van der Waals surface area contributed by atoms with Crippen molar-refractivity contribution in [2.75, 3.05) is 7.11 Å². The molecule has 1 unspecified atom stereocenters. The van der Waals surface area contributed by atoms with Gasteiger partial charge in [0.15, 0.2) is 0 Å². The fourth-order valence-electron chi connectivity index (χ4n) is 2.64. The molecule has 1 atom stereocenters. The van der Waals surface area contributed by atoms with Crippen LogP contribution in [0.4, 0.5) is 0 Å². The molecule has 2 aromatic carbocycles. The molecule has 0 aliphatic rings. The maximum atomic E-state index is 12.9. The fraction of sp³-hybridized carbons (Fsp3) is 0.105. The van der Waals surface area contributed by atoms with Gasteiger partial charge in [0.1, 0.15) is 0 Å². The van der Waals surface area contributed by atoms with Gasteiger partial charge < -0.3 is 0 Å². The number of nitrogens with one attached hydrogen (secondary N) is 1. The number of rotatable bonds is 5. The Hall–Kier alpha value is -1.96. The van der Waals surface area contributed by atoms with E-state index in [2.05, 4.69) is 38.0 Å². The van der Waals surface area contributed by atoms with Crippen LogP contribution >= 0.6 is 22.6 Å². The van der Waals surface area contributed by atoms with E-state index >= 15 is 0 Å². The Bertz CT molecular complexity index is 1030. The molecule has 27 heavy (non-hydrogen) atoms. The summed E-state index contributed by atoms with van der Waals surface area (Å²) in [4.78, 5) is 29.6. The zero-order valence-corrected chi connectivity index (χ0v) is 19.3. The molecule has 0 bridgehead atoms. The van der Waals surface area contributed by atoms with E-state index < -0.39 is 0 Å². The van der Waals surface area contributed by atoms with E-state index in [1.165, 1.54) is 24.0 Å². The Morgan fingerprint density at radius 3 is 2.67 bits per heavy atom. The Labute approximate surface area is 178 Å². The number of nitrogens with zero attached hydrogens (tertiary/aromatic N) is 2. The summed E-state index contributed by atoms with van der Waals surface area (Å²) < 4.78 is 3.49. The quantitative estimate of drug-likeness (QED) is 0.232. The monoisotopic (exact) mass is 537 g/mol. The Morgan fingerprint density at radius 1 is 1.19 bits per heavy atom. The second-order valence-electron chi connectivity index (χ2n) is 5.83. The van der Waals surface area contributed by atoms with Crippen LogP contribution in [0.15, 0.2) is 48.7 Å². The van der Waals surface area contributed by atoms with Crippen molar-refractivity contribution in [3.05, 3.63) is 74.5 Å². The van der Waals surface area contributed by atoms with Crippen LogP contribution in [0.25, 0.3) is 5.69 Å². The molecule has 1 heterocycles. The number of halogens is 1. The summed E-state index contributed by atoms with van der Waals surface area (Å²) in [6, 6.07) is 12.8. The van der Waals surface area contributed by atoms with Gasteiger partial charge in [-0.2, -0.15) is 0 Å². The number of carbonyl (C=O) groups is 2. The van der Waals surface area contributed by atoms with Gasteiger partial charge in [0.2, 0.25) is 0 Å². The Kier molecular flexibility index (Phi) is 6.14. The number of hydroxylamine groups is 1. The molecule has 1 N–H and O–H groups in total. The van der Waals surface area contributed by atoms with Crippen molar-refractivity contribution in [1.82, 2.24) is 15.3 Å². The third-order valence-electron chi connectivity index (χ3n) is 4.03. The minimum absolute atomic E-state index is 0.0647. The minimum atomic E-state index is -0.343. The van der Waals surface area contributed by atoms with E-state index in [0.717, 1.165) is 19.3 Å². The normalized spacial score (nSPS) is 10.7. The molecule has 0 radical (unpaired) electrons. The molecular weight excluding hydrogens is 520 g/mol. The van der Waals surface area contributed by atoms with Crippen molar-refractivity contribution in [3.8, 4) is 5.69 Å². The first kappa shape index (κ1) is 19.8. The SMILES string of the molecule is CONC(=O)c1ccc(C)c(-n2ncc(C(=O)c3cccc(I)c3)c2[AsH2])c1. The summed E-state index contributed by atoms with van der Waals surface area (Å²) in [5.74, 6) is -0.408. The van der Waals surface area contributed by atoms with Gasteiger partial charge in [-0.15, -0.1) is 0 Å². The van der Waals surface area contributed by atoms with E-state index in [1.807, 2.05) is 31.2 Å². The van der Waals surface area contributed by atoms with Gasteiger partial charge in [0, 0.05) is 0 Å². The van der Waals surface area contributed by atoms with E-state index in [0.29, 0.717) is 16.7 Å². The first-order valence-electron chi connectivity index (χ1n) is 8.00. The average molecular weight is 537 g/mol. The van der Waals surface area contributed by atoms with Crippen LogP contribution in [0.1, 0.15) is 31.8 Å². The second kappa shape index (κ2) is 8.37. The summed E-state index contributed by atoms with van der Waals surface area (Å²) in [6.45, 7) is 1.93. The molecule has 6 nitrogen and oxygen atoms in total. The van der Waals surface area contributed by atoms with Gasteiger partial charge >= 0.3 is 180 Å². The van der Waals surface area contributed by atoms with Crippen LogP contribution in [0, 0.1) is 10.5 Å². The first-order chi connectivity index (χ1) is 12.9. The van der Waals surface area contributed by atoms with Crippen molar-refractivity contribution in [2.45, 2.75) is 6.92 Å². The Balaban J connectivity index is 2.02. The number of benzene rings is 2. The van der Waals surface area contributed by atoms with Crippen LogP contribution in [-0.2, 0) is 4.84 Å². The topological polar surface area (TPSA) is 73.2 Å². The molecule has 0 saturated carbocycles. The third kappa shape index (κ3) is 4.15. The molecule has 138 valence electrons. The first-order valence-corrected chi connectivity index (χ1v) is 10.3. The molecule has 8 heteroatoms. The second-order valence-corrected chi connectivity index (χ2v) is 8.22. The number of carbonyl (C=O) groups excluding carboxylic acids is 2. The summed E-state index contributed by atoms with van der Waals surface area (Å²) in [7, 11) is 1.38. The predicted octanol–water partition coefficient (Wildman–Crippen LogP) is 1.57.